The fourth-order valence-corrected chi connectivity index (χ4v) is 2.20. The van der Waals surface area contributed by atoms with Crippen LogP contribution in [0.5, 0.6) is 0 Å². The number of hydrogen-bond donors (Lipinski definition) is 1. The molecule has 0 aromatic rings. The average Bonchev–Trinajstić information content (AvgIpc) is 2.73. The SMILES string of the molecule is C=C/C=C(O)\C=C/C1C(C)C1CC(C)C. The summed E-state index contributed by atoms with van der Waals surface area (Å²) in [5, 5.41) is 9.38. The summed E-state index contributed by atoms with van der Waals surface area (Å²) in [7, 11) is 0. The van der Waals surface area contributed by atoms with Crippen molar-refractivity contribution in [2.24, 2.45) is 23.7 Å². The van der Waals surface area contributed by atoms with Crippen molar-refractivity contribution in [1.82, 2.24) is 0 Å². The molecule has 1 N–H and O–H groups in total. The number of aliphatic hydroxyl groups is 1. The van der Waals surface area contributed by atoms with Gasteiger partial charge in [0.05, 0.1) is 0 Å². The predicted octanol–water partition coefficient (Wildman–Crippen LogP) is 4.10. The van der Waals surface area contributed by atoms with Crippen molar-refractivity contribution in [1.29, 1.82) is 0 Å². The van der Waals surface area contributed by atoms with E-state index in [1.807, 2.05) is 0 Å². The van der Waals surface area contributed by atoms with Crippen LogP contribution in [0.1, 0.15) is 27.2 Å². The van der Waals surface area contributed by atoms with Gasteiger partial charge in [0.2, 0.25) is 0 Å². The number of rotatable bonds is 5. The second-order valence-electron chi connectivity index (χ2n) is 4.92. The van der Waals surface area contributed by atoms with Crippen molar-refractivity contribution in [3.63, 3.8) is 0 Å². The van der Waals surface area contributed by atoms with Crippen molar-refractivity contribution in [2.45, 2.75) is 27.2 Å². The first kappa shape index (κ1) is 12.1. The molecule has 0 amide bonds. The van der Waals surface area contributed by atoms with Gasteiger partial charge in [0.1, 0.15) is 5.76 Å². The molecule has 0 heterocycles. The minimum atomic E-state index is 0.299. The van der Waals surface area contributed by atoms with Crippen LogP contribution in [-0.4, -0.2) is 5.11 Å². The smallest absolute Gasteiger partial charge is 0.115 e. The molecule has 1 aliphatic carbocycles. The summed E-state index contributed by atoms with van der Waals surface area (Å²) in [5.74, 6) is 3.33. The van der Waals surface area contributed by atoms with Crippen LogP contribution in [0.4, 0.5) is 0 Å². The third-order valence-electron chi connectivity index (χ3n) is 3.16. The van der Waals surface area contributed by atoms with E-state index in [1.165, 1.54) is 6.42 Å². The molecule has 1 nitrogen and oxygen atoms in total. The van der Waals surface area contributed by atoms with Crippen molar-refractivity contribution < 1.29 is 5.11 Å². The van der Waals surface area contributed by atoms with Crippen LogP contribution in [-0.2, 0) is 0 Å². The quantitative estimate of drug-likeness (QED) is 0.530. The lowest BCUT2D eigenvalue weighted by Crippen LogP contribution is -1.90. The summed E-state index contributed by atoms with van der Waals surface area (Å²) < 4.78 is 0. The first-order valence-electron chi connectivity index (χ1n) is 5.76. The Morgan fingerprint density at radius 1 is 1.47 bits per heavy atom. The molecule has 0 aliphatic heterocycles. The van der Waals surface area contributed by atoms with Crippen molar-refractivity contribution in [3.8, 4) is 0 Å². The zero-order chi connectivity index (χ0) is 11.4. The van der Waals surface area contributed by atoms with E-state index in [0.29, 0.717) is 11.7 Å². The summed E-state index contributed by atoms with van der Waals surface area (Å²) in [6.07, 6.45) is 8.43. The van der Waals surface area contributed by atoms with E-state index in [0.717, 1.165) is 17.8 Å². The zero-order valence-corrected chi connectivity index (χ0v) is 9.98. The lowest BCUT2D eigenvalue weighted by atomic mass is 10.1. The summed E-state index contributed by atoms with van der Waals surface area (Å²) in [6.45, 7) is 10.4. The van der Waals surface area contributed by atoms with Gasteiger partial charge in [0.15, 0.2) is 0 Å². The average molecular weight is 206 g/mol. The molecule has 0 bridgehead atoms. The standard InChI is InChI=1S/C14H22O/c1-5-6-12(15)7-8-13-11(4)14(13)9-10(2)3/h5-8,10-11,13-15H,1,9H2,2-4H3/b8-7-,12-6+. The van der Waals surface area contributed by atoms with Crippen molar-refractivity contribution in [2.75, 3.05) is 0 Å². The van der Waals surface area contributed by atoms with Gasteiger partial charge >= 0.3 is 0 Å². The second kappa shape index (κ2) is 5.20. The molecule has 0 spiro atoms. The first-order valence-corrected chi connectivity index (χ1v) is 5.76. The molecule has 0 saturated heterocycles. The van der Waals surface area contributed by atoms with Crippen LogP contribution in [0.3, 0.4) is 0 Å². The lowest BCUT2D eigenvalue weighted by Gasteiger charge is -2.01. The monoisotopic (exact) mass is 206 g/mol. The van der Waals surface area contributed by atoms with Crippen molar-refractivity contribution >= 4 is 0 Å². The highest BCUT2D eigenvalue weighted by molar-refractivity contribution is 5.19. The third-order valence-corrected chi connectivity index (χ3v) is 3.16. The van der Waals surface area contributed by atoms with Crippen molar-refractivity contribution in [3.05, 3.63) is 36.6 Å². The molecule has 0 aromatic heterocycles. The largest absolute Gasteiger partial charge is 0.508 e. The van der Waals surface area contributed by atoms with Gasteiger partial charge in [-0.05, 0) is 42.2 Å². The fourth-order valence-electron chi connectivity index (χ4n) is 2.20. The molecule has 15 heavy (non-hydrogen) atoms. The molecule has 0 aromatic carbocycles. The van der Waals surface area contributed by atoms with Crippen LogP contribution >= 0.6 is 0 Å². The van der Waals surface area contributed by atoms with Gasteiger partial charge in [0, 0.05) is 0 Å². The molecule has 3 atom stereocenters. The maximum Gasteiger partial charge on any atom is 0.115 e. The summed E-state index contributed by atoms with van der Waals surface area (Å²) in [5.41, 5.74) is 0. The van der Waals surface area contributed by atoms with Gasteiger partial charge in [-0.15, -0.1) is 0 Å². The normalized spacial score (nSPS) is 31.2. The molecule has 84 valence electrons. The Morgan fingerprint density at radius 3 is 2.67 bits per heavy atom. The Labute approximate surface area is 93.2 Å². The van der Waals surface area contributed by atoms with Crippen LogP contribution in [0, 0.1) is 23.7 Å². The van der Waals surface area contributed by atoms with Crippen LogP contribution < -0.4 is 0 Å². The molecule has 1 saturated carbocycles. The lowest BCUT2D eigenvalue weighted by molar-refractivity contribution is 0.432. The molecule has 1 fully saturated rings. The minimum absolute atomic E-state index is 0.299. The molecular formula is C14H22O. The molecular weight excluding hydrogens is 184 g/mol. The van der Waals surface area contributed by atoms with E-state index in [4.69, 9.17) is 0 Å². The Balaban J connectivity index is 2.42. The minimum Gasteiger partial charge on any atom is -0.508 e. The van der Waals surface area contributed by atoms with E-state index in [2.05, 4.69) is 33.4 Å². The maximum absolute atomic E-state index is 9.38. The Bertz CT molecular complexity index is 273. The number of allylic oxidation sites excluding steroid dienone is 4. The van der Waals surface area contributed by atoms with Gasteiger partial charge < -0.3 is 5.11 Å². The Morgan fingerprint density at radius 2 is 2.13 bits per heavy atom. The summed E-state index contributed by atoms with van der Waals surface area (Å²) in [6, 6.07) is 0. The summed E-state index contributed by atoms with van der Waals surface area (Å²) >= 11 is 0. The third kappa shape index (κ3) is 3.58. The van der Waals surface area contributed by atoms with E-state index >= 15 is 0 Å². The molecule has 1 rings (SSSR count). The Hall–Kier alpha value is -0.980. The van der Waals surface area contributed by atoms with E-state index in [9.17, 15) is 5.11 Å². The maximum atomic E-state index is 9.38. The van der Waals surface area contributed by atoms with Gasteiger partial charge in [-0.1, -0.05) is 39.5 Å². The molecule has 1 heteroatoms. The Kier molecular flexibility index (Phi) is 4.19. The highest BCUT2D eigenvalue weighted by Gasteiger charge is 2.44. The van der Waals surface area contributed by atoms with Gasteiger partial charge in [-0.3, -0.25) is 0 Å². The van der Waals surface area contributed by atoms with Crippen LogP contribution in [0.25, 0.3) is 0 Å². The number of aliphatic hydroxyl groups excluding tert-OH is 1. The van der Waals surface area contributed by atoms with Gasteiger partial charge in [-0.2, -0.15) is 0 Å². The molecule has 1 aliphatic rings. The zero-order valence-electron chi connectivity index (χ0n) is 9.98. The number of hydrogen-bond acceptors (Lipinski definition) is 1. The molecule has 0 radical (unpaired) electrons. The highest BCUT2D eigenvalue weighted by atomic mass is 16.3. The fraction of sp³-hybridized carbons (Fsp3) is 0.571. The highest BCUT2D eigenvalue weighted by Crippen LogP contribution is 2.50. The topological polar surface area (TPSA) is 20.2 Å². The predicted molar refractivity (Wildman–Crippen MR) is 65.6 cm³/mol. The molecule has 3 unspecified atom stereocenters. The van der Waals surface area contributed by atoms with Crippen LogP contribution in [0.15, 0.2) is 36.6 Å². The first-order chi connectivity index (χ1) is 7.06. The second-order valence-corrected chi connectivity index (χ2v) is 4.92. The van der Waals surface area contributed by atoms with Gasteiger partial charge in [-0.25, -0.2) is 0 Å². The van der Waals surface area contributed by atoms with E-state index in [1.54, 1.807) is 18.2 Å². The van der Waals surface area contributed by atoms with Gasteiger partial charge in [0.25, 0.3) is 0 Å². The van der Waals surface area contributed by atoms with E-state index in [-0.39, 0.29) is 0 Å². The van der Waals surface area contributed by atoms with E-state index < -0.39 is 0 Å². The van der Waals surface area contributed by atoms with Crippen LogP contribution in [0.2, 0.25) is 0 Å². The summed E-state index contributed by atoms with van der Waals surface area (Å²) in [4.78, 5) is 0.